The third-order valence-electron chi connectivity index (χ3n) is 5.17. The van der Waals surface area contributed by atoms with E-state index in [1.54, 1.807) is 0 Å². The van der Waals surface area contributed by atoms with Crippen molar-refractivity contribution in [3.8, 4) is 0 Å². The lowest BCUT2D eigenvalue weighted by Crippen LogP contribution is -2.62. The van der Waals surface area contributed by atoms with Crippen LogP contribution in [0.1, 0.15) is 27.7 Å². The highest BCUT2D eigenvalue weighted by molar-refractivity contribution is 8.04. The van der Waals surface area contributed by atoms with Crippen LogP contribution in [-0.2, 0) is 18.8 Å². The van der Waals surface area contributed by atoms with Crippen LogP contribution in [0.25, 0.3) is 0 Å². The van der Waals surface area contributed by atoms with E-state index in [9.17, 15) is 14.7 Å². The van der Waals surface area contributed by atoms with E-state index in [2.05, 4.69) is 33.9 Å². The van der Waals surface area contributed by atoms with Crippen LogP contribution in [0.2, 0.25) is 18.1 Å². The molecule has 0 saturated carbocycles. The van der Waals surface area contributed by atoms with Crippen LogP contribution in [0.5, 0.6) is 0 Å². The smallest absolute Gasteiger partial charge is 0.355 e. The van der Waals surface area contributed by atoms with Crippen LogP contribution in [0.4, 0.5) is 0 Å². The van der Waals surface area contributed by atoms with Crippen molar-refractivity contribution in [1.82, 2.24) is 4.90 Å². The van der Waals surface area contributed by atoms with Crippen molar-refractivity contribution in [2.45, 2.75) is 57.3 Å². The third kappa shape index (κ3) is 3.05. The van der Waals surface area contributed by atoms with Gasteiger partial charge in [-0.05, 0) is 25.1 Å². The molecule has 2 heterocycles. The van der Waals surface area contributed by atoms with E-state index >= 15 is 0 Å². The Labute approximate surface area is 148 Å². The molecular formula is C16H27NO5SSi. The molecule has 0 aliphatic carbocycles. The zero-order valence-corrected chi connectivity index (χ0v) is 17.2. The lowest BCUT2D eigenvalue weighted by molar-refractivity contribution is -0.157. The maximum absolute atomic E-state index is 12.6. The van der Waals surface area contributed by atoms with Gasteiger partial charge < -0.3 is 14.3 Å². The average Bonchev–Trinajstić information content (AvgIpc) is 2.78. The Morgan fingerprint density at radius 3 is 2.46 bits per heavy atom. The molecule has 136 valence electrons. The minimum Gasteiger partial charge on any atom is -0.464 e. The number of methoxy groups -OCH3 is 1. The van der Waals surface area contributed by atoms with Crippen molar-refractivity contribution in [2.75, 3.05) is 13.7 Å². The van der Waals surface area contributed by atoms with Crippen molar-refractivity contribution in [2.24, 2.45) is 5.92 Å². The second kappa shape index (κ2) is 6.47. The fourth-order valence-electron chi connectivity index (χ4n) is 2.75. The predicted octanol–water partition coefficient (Wildman–Crippen LogP) is 2.30. The second-order valence-corrected chi connectivity index (χ2v) is 13.7. The van der Waals surface area contributed by atoms with Crippen LogP contribution in [0.15, 0.2) is 10.6 Å². The maximum atomic E-state index is 12.6. The number of aliphatic hydroxyl groups is 1. The van der Waals surface area contributed by atoms with Gasteiger partial charge >= 0.3 is 5.97 Å². The van der Waals surface area contributed by atoms with Crippen molar-refractivity contribution in [3.05, 3.63) is 10.6 Å². The summed E-state index contributed by atoms with van der Waals surface area (Å²) in [6.45, 7) is 12.4. The maximum Gasteiger partial charge on any atom is 0.355 e. The summed E-state index contributed by atoms with van der Waals surface area (Å²) in [4.78, 5) is 26.5. The molecule has 1 amide bonds. The number of esters is 1. The number of carbonyl (C=O) groups excluding carboxylic acids is 2. The first-order valence-corrected chi connectivity index (χ1v) is 11.8. The lowest BCUT2D eigenvalue weighted by Gasteiger charge is -2.48. The molecule has 0 radical (unpaired) electrons. The number of thioether (sulfide) groups is 1. The van der Waals surface area contributed by atoms with Gasteiger partial charge in [-0.2, -0.15) is 0 Å². The molecule has 1 saturated heterocycles. The highest BCUT2D eigenvalue weighted by atomic mass is 32.2. The number of nitrogens with zero attached hydrogens (tertiary/aromatic N) is 1. The minimum absolute atomic E-state index is 0.0578. The Hall–Kier alpha value is -0.833. The molecule has 2 rings (SSSR count). The Morgan fingerprint density at radius 2 is 2.00 bits per heavy atom. The van der Waals surface area contributed by atoms with Crippen LogP contribution in [-0.4, -0.2) is 55.4 Å². The van der Waals surface area contributed by atoms with E-state index in [0.29, 0.717) is 4.91 Å². The van der Waals surface area contributed by atoms with Gasteiger partial charge in [-0.15, -0.1) is 0 Å². The van der Waals surface area contributed by atoms with Gasteiger partial charge in [-0.25, -0.2) is 4.79 Å². The van der Waals surface area contributed by atoms with E-state index in [1.165, 1.54) is 23.8 Å². The highest BCUT2D eigenvalue weighted by Gasteiger charge is 2.59. The van der Waals surface area contributed by atoms with Crippen LogP contribution < -0.4 is 0 Å². The molecule has 2 aliphatic heterocycles. The summed E-state index contributed by atoms with van der Waals surface area (Å²) in [6, 6.07) is 0. The quantitative estimate of drug-likeness (QED) is 0.453. The Bertz CT molecular complexity index is 584. The first-order chi connectivity index (χ1) is 11.0. The molecule has 6 nitrogen and oxygen atoms in total. The topological polar surface area (TPSA) is 76.1 Å². The Morgan fingerprint density at radius 1 is 1.42 bits per heavy atom. The molecule has 24 heavy (non-hydrogen) atoms. The summed E-state index contributed by atoms with van der Waals surface area (Å²) >= 11 is 1.36. The zero-order chi connectivity index (χ0) is 18.4. The Kier molecular flexibility index (Phi) is 5.26. The standard InChI is InChI=1S/C16H27NO5SSi/c1-9(22-24(6,7)16(2,3)4)11-13(19)17-12(15(20)21-5)10(8-18)23-14(11)17/h9,11,14,18H,8H2,1-7H3/t9-,11+,14-/m1/s1. The molecule has 0 aromatic rings. The van der Waals surface area contributed by atoms with Gasteiger partial charge in [0.1, 0.15) is 11.1 Å². The van der Waals surface area contributed by atoms with E-state index in [4.69, 9.17) is 9.16 Å². The Balaban J connectivity index is 2.16. The molecule has 8 heteroatoms. The SMILES string of the molecule is COC(=O)C1=C(CO)S[C@@H]2[C@@H]([C@@H](C)O[Si](C)(C)C(C)(C)C)C(=O)N12. The summed E-state index contributed by atoms with van der Waals surface area (Å²) in [6.07, 6.45) is -0.232. The third-order valence-corrected chi connectivity index (χ3v) is 11.1. The van der Waals surface area contributed by atoms with Gasteiger partial charge in [-0.3, -0.25) is 9.69 Å². The molecule has 3 atom stereocenters. The number of rotatable bonds is 5. The average molecular weight is 374 g/mol. The van der Waals surface area contributed by atoms with E-state index in [0.717, 1.165) is 0 Å². The van der Waals surface area contributed by atoms with Gasteiger partial charge in [-0.1, -0.05) is 32.5 Å². The van der Waals surface area contributed by atoms with Crippen LogP contribution in [0.3, 0.4) is 0 Å². The number of β-lactam (4-membered cyclic amide) rings is 1. The number of amides is 1. The fourth-order valence-corrected chi connectivity index (χ4v) is 5.64. The molecule has 1 fully saturated rings. The number of aliphatic hydroxyl groups excluding tert-OH is 1. The summed E-state index contributed by atoms with van der Waals surface area (Å²) in [7, 11) is -0.721. The normalized spacial score (nSPS) is 25.5. The summed E-state index contributed by atoms with van der Waals surface area (Å²) in [5.74, 6) is -1.03. The van der Waals surface area contributed by atoms with Crippen molar-refractivity contribution >= 4 is 32.0 Å². The number of hydrogen-bond donors (Lipinski definition) is 1. The van der Waals surface area contributed by atoms with Gasteiger partial charge in [0.05, 0.1) is 25.7 Å². The van der Waals surface area contributed by atoms with Crippen molar-refractivity contribution in [3.63, 3.8) is 0 Å². The summed E-state index contributed by atoms with van der Waals surface area (Å²) < 4.78 is 11.1. The monoisotopic (exact) mass is 373 g/mol. The zero-order valence-electron chi connectivity index (χ0n) is 15.4. The summed E-state index contributed by atoms with van der Waals surface area (Å²) in [5.41, 5.74) is 0.177. The molecule has 1 N–H and O–H groups in total. The minimum atomic E-state index is -1.99. The molecular weight excluding hydrogens is 346 g/mol. The fraction of sp³-hybridized carbons (Fsp3) is 0.750. The first kappa shape index (κ1) is 19.5. The predicted molar refractivity (Wildman–Crippen MR) is 95.6 cm³/mol. The molecule has 0 spiro atoms. The molecule has 2 aliphatic rings. The van der Waals surface area contributed by atoms with Crippen molar-refractivity contribution < 1.29 is 23.9 Å². The van der Waals surface area contributed by atoms with Gasteiger partial charge in [0.2, 0.25) is 5.91 Å². The molecule has 0 bridgehead atoms. The van der Waals surface area contributed by atoms with Gasteiger partial charge in [0, 0.05) is 4.91 Å². The van der Waals surface area contributed by atoms with Crippen molar-refractivity contribution in [1.29, 1.82) is 0 Å². The number of hydrogen-bond acceptors (Lipinski definition) is 6. The van der Waals surface area contributed by atoms with E-state index < -0.39 is 14.3 Å². The van der Waals surface area contributed by atoms with Crippen LogP contribution >= 0.6 is 11.8 Å². The van der Waals surface area contributed by atoms with Gasteiger partial charge in [0.25, 0.3) is 0 Å². The number of carbonyl (C=O) groups is 2. The summed E-state index contributed by atoms with van der Waals surface area (Å²) in [5, 5.41) is 9.36. The number of ether oxygens (including phenoxy) is 1. The first-order valence-electron chi connectivity index (χ1n) is 8.06. The molecule has 0 aromatic carbocycles. The van der Waals surface area contributed by atoms with Crippen LogP contribution in [0, 0.1) is 5.92 Å². The van der Waals surface area contributed by atoms with Gasteiger partial charge in [0.15, 0.2) is 8.32 Å². The lowest BCUT2D eigenvalue weighted by atomic mass is 9.92. The number of fused-ring (bicyclic) bond motifs is 1. The molecule has 0 aromatic heterocycles. The van der Waals surface area contributed by atoms with E-state index in [-0.39, 0.29) is 40.6 Å². The largest absolute Gasteiger partial charge is 0.464 e. The van der Waals surface area contributed by atoms with E-state index in [1.807, 2.05) is 6.92 Å². The molecule has 0 unspecified atom stereocenters. The second-order valence-electron chi connectivity index (χ2n) is 7.75. The highest BCUT2D eigenvalue weighted by Crippen LogP contribution is 2.51.